The van der Waals surface area contributed by atoms with E-state index in [1.807, 2.05) is 73.1 Å². The van der Waals surface area contributed by atoms with Gasteiger partial charge >= 0.3 is 0 Å². The Balaban J connectivity index is 0.000000154. The second kappa shape index (κ2) is 18.4. The van der Waals surface area contributed by atoms with Crippen molar-refractivity contribution < 1.29 is 14.2 Å². The molecule has 0 aliphatic carbocycles. The van der Waals surface area contributed by atoms with Gasteiger partial charge in [-0.05, 0) is 120 Å². The van der Waals surface area contributed by atoms with Gasteiger partial charge in [0.2, 0.25) is 6.29 Å². The van der Waals surface area contributed by atoms with Crippen LogP contribution in [0.5, 0.6) is 5.75 Å². The molecule has 3 aliphatic rings. The lowest BCUT2D eigenvalue weighted by atomic mass is 10.1. The minimum Gasteiger partial charge on any atom is -0.487 e. The zero-order chi connectivity index (χ0) is 40.8. The van der Waals surface area contributed by atoms with E-state index in [-0.39, 0.29) is 6.04 Å². The summed E-state index contributed by atoms with van der Waals surface area (Å²) in [4.78, 5) is 30.4. The van der Waals surface area contributed by atoms with E-state index >= 15 is 0 Å². The molecule has 3 aliphatic heterocycles. The smallest absolute Gasteiger partial charge is 0.201 e. The molecule has 7 aromatic rings. The minimum absolute atomic E-state index is 0.272. The van der Waals surface area contributed by atoms with Crippen molar-refractivity contribution in [2.24, 2.45) is 0 Å². The van der Waals surface area contributed by atoms with Crippen molar-refractivity contribution in [2.75, 3.05) is 40.4 Å². The Bertz CT molecular complexity index is 2470. The fourth-order valence-corrected chi connectivity index (χ4v) is 8.82. The molecule has 2 unspecified atom stereocenters. The molecule has 0 spiro atoms. The Morgan fingerprint density at radius 2 is 1.37 bits per heavy atom. The van der Waals surface area contributed by atoms with Crippen LogP contribution in [0.1, 0.15) is 83.8 Å². The third-order valence-corrected chi connectivity index (χ3v) is 12.0. The van der Waals surface area contributed by atoms with Crippen molar-refractivity contribution in [1.29, 1.82) is 0 Å². The number of aromatic nitrogens is 7. The Kier molecular flexibility index (Phi) is 12.2. The summed E-state index contributed by atoms with van der Waals surface area (Å²) in [6.45, 7) is 7.57. The summed E-state index contributed by atoms with van der Waals surface area (Å²) < 4.78 is 22.7. The quantitative estimate of drug-likeness (QED) is 0.131. The van der Waals surface area contributed by atoms with Gasteiger partial charge in [0, 0.05) is 50.3 Å². The number of rotatable bonds is 11. The van der Waals surface area contributed by atoms with Crippen molar-refractivity contribution in [1.82, 2.24) is 48.4 Å². The van der Waals surface area contributed by atoms with E-state index in [0.717, 1.165) is 84.5 Å². The molecule has 0 radical (unpaired) electrons. The van der Waals surface area contributed by atoms with Crippen molar-refractivity contribution in [3.8, 4) is 5.75 Å². The van der Waals surface area contributed by atoms with Crippen LogP contribution in [-0.2, 0) is 29.2 Å². The van der Waals surface area contributed by atoms with Gasteiger partial charge < -0.3 is 23.5 Å². The van der Waals surface area contributed by atoms with Gasteiger partial charge in [-0.25, -0.2) is 9.97 Å². The van der Waals surface area contributed by atoms with Crippen LogP contribution in [0, 0.1) is 6.92 Å². The SMILES string of the molecule is Cc1cccnc1C1CCCN1Cc1nc2ccccn2c1C1OCC(N(C)C)CO1.c1ccc(C2CCCN2Cc2nc3ccccn3c2COc2ccncc2)nc1. The molecule has 7 aromatic heterocycles. The summed E-state index contributed by atoms with van der Waals surface area (Å²) in [7, 11) is 4.12. The lowest BCUT2D eigenvalue weighted by molar-refractivity contribution is -0.208. The second-order valence-electron chi connectivity index (χ2n) is 16.1. The zero-order valence-corrected chi connectivity index (χ0v) is 34.8. The standard InChI is InChI=1S/C24H31N5O2.C23H23N5O/c1-17-8-6-11-25-22(17)20-9-7-12-28(20)14-19-23(29-13-5-4-10-21(29)26-19)24-30-15-18(16-31-24)27(2)3;1-3-11-25-19(6-1)21-7-5-14-27(21)16-20-22(17-29-18-9-12-24-13-10-18)28-15-4-2-8-23(28)26-20/h4-6,8,10-11,13,18,20,24H,7,9,12,14-16H2,1-3H3;1-4,6,8-13,15,21H,5,7,14,16-17H2. The number of hydrogen-bond acceptors (Lipinski definition) is 11. The van der Waals surface area contributed by atoms with E-state index in [4.69, 9.17) is 29.2 Å². The lowest BCUT2D eigenvalue weighted by Gasteiger charge is -2.33. The molecule has 10 heterocycles. The maximum Gasteiger partial charge on any atom is 0.201 e. The average Bonchev–Trinajstić information content (AvgIpc) is 4.10. The summed E-state index contributed by atoms with van der Waals surface area (Å²) in [5, 5.41) is 0. The molecule has 310 valence electrons. The van der Waals surface area contributed by atoms with Crippen molar-refractivity contribution in [3.05, 3.63) is 156 Å². The van der Waals surface area contributed by atoms with Gasteiger partial charge in [-0.1, -0.05) is 24.3 Å². The van der Waals surface area contributed by atoms with Crippen LogP contribution in [-0.4, -0.2) is 94.9 Å². The number of nitrogens with zero attached hydrogens (tertiary/aromatic N) is 10. The van der Waals surface area contributed by atoms with Gasteiger partial charge in [-0.15, -0.1) is 0 Å². The molecule has 0 bridgehead atoms. The Hall–Kier alpha value is -5.57. The molecule has 60 heavy (non-hydrogen) atoms. The van der Waals surface area contributed by atoms with Crippen LogP contribution in [0.3, 0.4) is 0 Å². The van der Waals surface area contributed by atoms with E-state index in [1.54, 1.807) is 12.4 Å². The highest BCUT2D eigenvalue weighted by molar-refractivity contribution is 5.44. The summed E-state index contributed by atoms with van der Waals surface area (Å²) in [6, 6.07) is 27.2. The highest BCUT2D eigenvalue weighted by Gasteiger charge is 2.34. The maximum atomic E-state index is 6.18. The summed E-state index contributed by atoms with van der Waals surface area (Å²) in [6.07, 6.45) is 15.6. The lowest BCUT2D eigenvalue weighted by Crippen LogP contribution is -2.41. The van der Waals surface area contributed by atoms with Crippen LogP contribution < -0.4 is 4.74 Å². The van der Waals surface area contributed by atoms with Crippen LogP contribution in [0.15, 0.2) is 116 Å². The first kappa shape index (κ1) is 39.9. The first-order valence-corrected chi connectivity index (χ1v) is 21.1. The van der Waals surface area contributed by atoms with Gasteiger partial charge in [0.05, 0.1) is 59.8 Å². The fourth-order valence-electron chi connectivity index (χ4n) is 8.82. The maximum absolute atomic E-state index is 6.18. The monoisotopic (exact) mass is 806 g/mol. The largest absolute Gasteiger partial charge is 0.487 e. The van der Waals surface area contributed by atoms with E-state index in [2.05, 4.69) is 85.1 Å². The third kappa shape index (κ3) is 8.68. The van der Waals surface area contributed by atoms with Crippen LogP contribution in [0.25, 0.3) is 11.3 Å². The van der Waals surface area contributed by atoms with Crippen LogP contribution in [0.4, 0.5) is 0 Å². The first-order valence-electron chi connectivity index (χ1n) is 21.1. The molecule has 10 rings (SSSR count). The van der Waals surface area contributed by atoms with Gasteiger partial charge in [0.1, 0.15) is 29.3 Å². The minimum atomic E-state index is -0.402. The summed E-state index contributed by atoms with van der Waals surface area (Å²) >= 11 is 0. The van der Waals surface area contributed by atoms with Gasteiger partial charge in [-0.3, -0.25) is 29.2 Å². The number of ether oxygens (including phenoxy) is 3. The van der Waals surface area contributed by atoms with Gasteiger partial charge in [-0.2, -0.15) is 0 Å². The fraction of sp³-hybridized carbons (Fsp3) is 0.383. The van der Waals surface area contributed by atoms with Crippen molar-refractivity contribution in [3.63, 3.8) is 0 Å². The van der Waals surface area contributed by atoms with E-state index in [9.17, 15) is 0 Å². The summed E-state index contributed by atoms with van der Waals surface area (Å²) in [5.41, 5.74) is 9.65. The number of likely N-dealkylation sites (N-methyl/N-ethyl adjacent to an activating group) is 1. The van der Waals surface area contributed by atoms with Crippen LogP contribution >= 0.6 is 0 Å². The van der Waals surface area contributed by atoms with E-state index in [0.29, 0.717) is 31.9 Å². The summed E-state index contributed by atoms with van der Waals surface area (Å²) in [5.74, 6) is 0.810. The number of pyridine rings is 5. The van der Waals surface area contributed by atoms with E-state index in [1.165, 1.54) is 24.1 Å². The molecular weight excluding hydrogens is 753 g/mol. The molecule has 0 amide bonds. The topological polar surface area (TPSA) is 111 Å². The number of fused-ring (bicyclic) bond motifs is 2. The zero-order valence-electron chi connectivity index (χ0n) is 34.8. The predicted octanol–water partition coefficient (Wildman–Crippen LogP) is 7.39. The number of likely N-dealkylation sites (tertiary alicyclic amines) is 2. The van der Waals surface area contributed by atoms with Gasteiger partial charge in [0.15, 0.2) is 0 Å². The number of hydrogen-bond donors (Lipinski definition) is 0. The Morgan fingerprint density at radius 1 is 0.700 bits per heavy atom. The highest BCUT2D eigenvalue weighted by Crippen LogP contribution is 2.36. The molecule has 0 N–H and O–H groups in total. The number of imidazole rings is 2. The van der Waals surface area contributed by atoms with E-state index < -0.39 is 6.29 Å². The predicted molar refractivity (Wildman–Crippen MR) is 229 cm³/mol. The van der Waals surface area contributed by atoms with Crippen molar-refractivity contribution in [2.45, 2.75) is 76.7 Å². The average molecular weight is 807 g/mol. The molecule has 0 aromatic carbocycles. The van der Waals surface area contributed by atoms with Crippen molar-refractivity contribution >= 4 is 11.3 Å². The normalized spacial score (nSPS) is 21.1. The molecule has 13 nitrogen and oxygen atoms in total. The Morgan fingerprint density at radius 3 is 2.10 bits per heavy atom. The third-order valence-electron chi connectivity index (χ3n) is 12.0. The molecule has 13 heteroatoms. The van der Waals surface area contributed by atoms with Crippen LogP contribution in [0.2, 0.25) is 0 Å². The first-order chi connectivity index (χ1) is 29.5. The second-order valence-corrected chi connectivity index (χ2v) is 16.1. The van der Waals surface area contributed by atoms with Gasteiger partial charge in [0.25, 0.3) is 0 Å². The molecule has 0 saturated carbocycles. The highest BCUT2D eigenvalue weighted by atomic mass is 16.7. The molecule has 2 atom stereocenters. The number of aryl methyl sites for hydroxylation is 1. The molecular formula is C47H54N10O3. The molecule has 3 fully saturated rings. The molecule has 3 saturated heterocycles. The Labute approximate surface area is 351 Å².